The Balaban J connectivity index is 1.43. The number of hydrogen-bond acceptors (Lipinski definition) is 5. The van der Waals surface area contributed by atoms with E-state index < -0.39 is 5.76 Å². The van der Waals surface area contributed by atoms with Gasteiger partial charge in [-0.15, -0.1) is 11.3 Å². The van der Waals surface area contributed by atoms with Gasteiger partial charge >= 0.3 is 5.76 Å². The summed E-state index contributed by atoms with van der Waals surface area (Å²) in [7, 11) is 0. The number of thiophene rings is 1. The van der Waals surface area contributed by atoms with Gasteiger partial charge in [0.15, 0.2) is 5.82 Å². The Labute approximate surface area is 143 Å². The van der Waals surface area contributed by atoms with E-state index in [1.54, 1.807) is 0 Å². The SMILES string of the molecule is C[C@@H](NC(=O)Cn1c(-c2cccs2)noc1=O)[C@H]1C[C@H]2CC[C@H]1C2. The van der Waals surface area contributed by atoms with Crippen LogP contribution < -0.4 is 11.1 Å². The molecule has 0 spiro atoms. The van der Waals surface area contributed by atoms with Crippen molar-refractivity contribution in [3.05, 3.63) is 28.1 Å². The van der Waals surface area contributed by atoms with Crippen molar-refractivity contribution < 1.29 is 9.32 Å². The zero-order valence-electron chi connectivity index (χ0n) is 13.6. The molecule has 2 aromatic heterocycles. The number of nitrogens with one attached hydrogen (secondary N) is 1. The zero-order valence-corrected chi connectivity index (χ0v) is 14.4. The van der Waals surface area contributed by atoms with Crippen molar-refractivity contribution in [3.8, 4) is 10.7 Å². The third-order valence-electron chi connectivity index (χ3n) is 5.55. The summed E-state index contributed by atoms with van der Waals surface area (Å²) in [6.07, 6.45) is 5.18. The summed E-state index contributed by atoms with van der Waals surface area (Å²) in [6, 6.07) is 3.88. The minimum Gasteiger partial charge on any atom is -0.352 e. The molecule has 2 fully saturated rings. The molecular formula is C17H21N3O3S. The number of hydrogen-bond donors (Lipinski definition) is 1. The second-order valence-electron chi connectivity index (χ2n) is 7.03. The van der Waals surface area contributed by atoms with Crippen molar-refractivity contribution in [2.45, 2.75) is 45.2 Å². The molecule has 0 radical (unpaired) electrons. The molecule has 0 aliphatic heterocycles. The van der Waals surface area contributed by atoms with Crippen LogP contribution in [0, 0.1) is 17.8 Å². The van der Waals surface area contributed by atoms with Crippen molar-refractivity contribution in [2.75, 3.05) is 0 Å². The Hall–Kier alpha value is -1.89. The van der Waals surface area contributed by atoms with Crippen molar-refractivity contribution in [1.29, 1.82) is 0 Å². The van der Waals surface area contributed by atoms with Crippen LogP contribution in [0.25, 0.3) is 10.7 Å². The fourth-order valence-corrected chi connectivity index (χ4v) is 5.16. The second-order valence-corrected chi connectivity index (χ2v) is 7.98. The van der Waals surface area contributed by atoms with E-state index in [9.17, 15) is 9.59 Å². The Bertz CT molecular complexity index is 779. The maximum Gasteiger partial charge on any atom is 0.442 e. The van der Waals surface area contributed by atoms with E-state index in [4.69, 9.17) is 4.52 Å². The first-order valence-electron chi connectivity index (χ1n) is 8.51. The normalized spacial score (nSPS) is 26.6. The predicted molar refractivity (Wildman–Crippen MR) is 90.6 cm³/mol. The number of carbonyl (C=O) groups is 1. The quantitative estimate of drug-likeness (QED) is 0.901. The summed E-state index contributed by atoms with van der Waals surface area (Å²) >= 11 is 1.46. The van der Waals surface area contributed by atoms with Crippen LogP contribution in [0.1, 0.15) is 32.6 Å². The van der Waals surface area contributed by atoms with Crippen LogP contribution in [-0.2, 0) is 11.3 Å². The minimum absolute atomic E-state index is 0.0548. The summed E-state index contributed by atoms with van der Waals surface area (Å²) in [6.45, 7) is 2.03. The van der Waals surface area contributed by atoms with Gasteiger partial charge in [-0.2, -0.15) is 0 Å². The molecule has 6 nitrogen and oxygen atoms in total. The van der Waals surface area contributed by atoms with E-state index in [0.29, 0.717) is 11.7 Å². The Kier molecular flexibility index (Phi) is 4.04. The number of rotatable bonds is 5. The van der Waals surface area contributed by atoms with Crippen molar-refractivity contribution >= 4 is 17.2 Å². The number of amides is 1. The molecule has 24 heavy (non-hydrogen) atoms. The Morgan fingerprint density at radius 1 is 1.50 bits per heavy atom. The molecule has 1 N–H and O–H groups in total. The van der Waals surface area contributed by atoms with Gasteiger partial charge in [0.05, 0.1) is 4.88 Å². The average Bonchev–Trinajstić information content (AvgIpc) is 3.31. The number of aromatic nitrogens is 2. The third kappa shape index (κ3) is 2.81. The summed E-state index contributed by atoms with van der Waals surface area (Å²) in [5.74, 6) is 1.84. The van der Waals surface area contributed by atoms with E-state index in [0.717, 1.165) is 16.7 Å². The third-order valence-corrected chi connectivity index (χ3v) is 6.42. The van der Waals surface area contributed by atoms with Gasteiger partial charge in [0, 0.05) is 6.04 Å². The first kappa shape index (κ1) is 15.6. The summed E-state index contributed by atoms with van der Waals surface area (Å²) in [5.41, 5.74) is 0. The molecule has 0 aromatic carbocycles. The lowest BCUT2D eigenvalue weighted by Crippen LogP contribution is -2.42. The topological polar surface area (TPSA) is 77.1 Å². The van der Waals surface area contributed by atoms with Gasteiger partial charge in [0.1, 0.15) is 6.54 Å². The molecule has 0 unspecified atom stereocenters. The standard InChI is InChI=1S/C17H21N3O3S/c1-10(13-8-11-4-5-12(13)7-11)18-15(21)9-20-16(19-23-17(20)22)14-3-2-6-24-14/h2-3,6,10-13H,4-5,7-9H2,1H3,(H,18,21)/t10-,11+,12+,13-/m1/s1. The van der Waals surface area contributed by atoms with Gasteiger partial charge in [0.25, 0.3) is 0 Å². The minimum atomic E-state index is -0.596. The Morgan fingerprint density at radius 3 is 3.04 bits per heavy atom. The van der Waals surface area contributed by atoms with E-state index in [1.807, 2.05) is 17.5 Å². The highest BCUT2D eigenvalue weighted by Gasteiger charge is 2.42. The number of nitrogens with zero attached hydrogens (tertiary/aromatic N) is 2. The molecular weight excluding hydrogens is 326 g/mol. The monoisotopic (exact) mass is 347 g/mol. The average molecular weight is 347 g/mol. The number of carbonyl (C=O) groups excluding carboxylic acids is 1. The predicted octanol–water partition coefficient (Wildman–Crippen LogP) is 2.51. The first-order chi connectivity index (χ1) is 11.6. The van der Waals surface area contributed by atoms with Crippen molar-refractivity contribution in [3.63, 3.8) is 0 Å². The molecule has 4 atom stereocenters. The molecule has 2 heterocycles. The Morgan fingerprint density at radius 2 is 2.38 bits per heavy atom. The van der Waals surface area contributed by atoms with Crippen LogP contribution in [0.2, 0.25) is 0 Å². The lowest BCUT2D eigenvalue weighted by Gasteiger charge is -2.28. The summed E-state index contributed by atoms with van der Waals surface area (Å²) in [4.78, 5) is 25.1. The van der Waals surface area contributed by atoms with Crippen LogP contribution >= 0.6 is 11.3 Å². The molecule has 0 saturated heterocycles. The lowest BCUT2D eigenvalue weighted by atomic mass is 9.84. The molecule has 2 aliphatic rings. The maximum absolute atomic E-state index is 12.4. The molecule has 2 saturated carbocycles. The van der Waals surface area contributed by atoms with Gasteiger partial charge in [-0.1, -0.05) is 17.6 Å². The van der Waals surface area contributed by atoms with Crippen LogP contribution in [0.15, 0.2) is 26.8 Å². The largest absolute Gasteiger partial charge is 0.442 e. The van der Waals surface area contributed by atoms with E-state index >= 15 is 0 Å². The van der Waals surface area contributed by atoms with E-state index in [-0.39, 0.29) is 18.5 Å². The van der Waals surface area contributed by atoms with Gasteiger partial charge < -0.3 is 5.32 Å². The fourth-order valence-electron chi connectivity index (χ4n) is 4.45. The first-order valence-corrected chi connectivity index (χ1v) is 9.39. The number of fused-ring (bicyclic) bond motifs is 2. The highest BCUT2D eigenvalue weighted by atomic mass is 32.1. The molecule has 1 amide bonds. The van der Waals surface area contributed by atoms with Gasteiger partial charge in [-0.05, 0) is 55.4 Å². The van der Waals surface area contributed by atoms with Crippen molar-refractivity contribution in [2.24, 2.45) is 17.8 Å². The van der Waals surface area contributed by atoms with Crippen LogP contribution in [0.4, 0.5) is 0 Å². The van der Waals surface area contributed by atoms with Crippen LogP contribution in [0.5, 0.6) is 0 Å². The summed E-state index contributed by atoms with van der Waals surface area (Å²) < 4.78 is 6.05. The van der Waals surface area contributed by atoms with Gasteiger partial charge in [-0.3, -0.25) is 9.32 Å². The second kappa shape index (κ2) is 6.20. The zero-order chi connectivity index (χ0) is 16.7. The van der Waals surface area contributed by atoms with E-state index in [1.165, 1.54) is 41.6 Å². The van der Waals surface area contributed by atoms with E-state index in [2.05, 4.69) is 17.4 Å². The van der Waals surface area contributed by atoms with Crippen LogP contribution in [0.3, 0.4) is 0 Å². The highest BCUT2D eigenvalue weighted by Crippen LogP contribution is 2.49. The molecule has 2 bridgehead atoms. The van der Waals surface area contributed by atoms with Gasteiger partial charge in [-0.25, -0.2) is 9.36 Å². The van der Waals surface area contributed by atoms with Crippen LogP contribution in [-0.4, -0.2) is 21.7 Å². The van der Waals surface area contributed by atoms with Crippen molar-refractivity contribution in [1.82, 2.24) is 15.0 Å². The summed E-state index contributed by atoms with van der Waals surface area (Å²) in [5, 5.41) is 8.78. The lowest BCUT2D eigenvalue weighted by molar-refractivity contribution is -0.122. The fraction of sp³-hybridized carbons (Fsp3) is 0.588. The smallest absolute Gasteiger partial charge is 0.352 e. The molecule has 7 heteroatoms. The molecule has 2 aliphatic carbocycles. The molecule has 128 valence electrons. The highest BCUT2D eigenvalue weighted by molar-refractivity contribution is 7.13. The maximum atomic E-state index is 12.4. The molecule has 4 rings (SSSR count). The molecule has 2 aromatic rings. The van der Waals surface area contributed by atoms with Gasteiger partial charge in [0.2, 0.25) is 5.91 Å².